The SMILES string of the molecule is CNc1cc(N2CCN(CCCC3CCCCC3)CC2)c(C)cc1C(=N)C1CCC(=O)NC1=O. The summed E-state index contributed by atoms with van der Waals surface area (Å²) in [4.78, 5) is 28.9. The van der Waals surface area contributed by atoms with Crippen molar-refractivity contribution in [1.82, 2.24) is 10.2 Å². The van der Waals surface area contributed by atoms with Gasteiger partial charge in [-0.3, -0.25) is 19.8 Å². The van der Waals surface area contributed by atoms with Crippen molar-refractivity contribution in [2.24, 2.45) is 11.8 Å². The Hall–Kier alpha value is -2.41. The van der Waals surface area contributed by atoms with Crippen LogP contribution in [0.5, 0.6) is 0 Å². The van der Waals surface area contributed by atoms with Crippen molar-refractivity contribution in [3.05, 3.63) is 23.3 Å². The van der Waals surface area contributed by atoms with Gasteiger partial charge in [-0.2, -0.15) is 0 Å². The van der Waals surface area contributed by atoms with Gasteiger partial charge in [0.1, 0.15) is 0 Å². The van der Waals surface area contributed by atoms with E-state index in [1.54, 1.807) is 0 Å². The van der Waals surface area contributed by atoms with E-state index >= 15 is 0 Å². The van der Waals surface area contributed by atoms with Crippen LogP contribution in [0, 0.1) is 24.2 Å². The van der Waals surface area contributed by atoms with Crippen molar-refractivity contribution in [3.63, 3.8) is 0 Å². The summed E-state index contributed by atoms with van der Waals surface area (Å²) < 4.78 is 0. The van der Waals surface area contributed by atoms with Crippen molar-refractivity contribution in [1.29, 1.82) is 5.41 Å². The number of benzene rings is 1. The highest BCUT2D eigenvalue weighted by Gasteiger charge is 2.32. The van der Waals surface area contributed by atoms with Crippen LogP contribution in [0.4, 0.5) is 11.4 Å². The van der Waals surface area contributed by atoms with Crippen LogP contribution < -0.4 is 15.5 Å². The van der Waals surface area contributed by atoms with Crippen molar-refractivity contribution in [2.75, 3.05) is 50.0 Å². The second kappa shape index (κ2) is 11.3. The van der Waals surface area contributed by atoms with Crippen LogP contribution in [0.2, 0.25) is 0 Å². The molecule has 1 aliphatic carbocycles. The molecule has 1 aromatic rings. The number of nitrogens with zero attached hydrogens (tertiary/aromatic N) is 2. The van der Waals surface area contributed by atoms with Crippen molar-refractivity contribution in [2.45, 2.75) is 64.7 Å². The molecular formula is C27H41N5O2. The number of piperazine rings is 1. The number of carbonyl (C=O) groups is 2. The lowest BCUT2D eigenvalue weighted by Gasteiger charge is -2.37. The van der Waals surface area contributed by atoms with Crippen LogP contribution in [-0.2, 0) is 9.59 Å². The first-order chi connectivity index (χ1) is 16.5. The molecule has 2 aliphatic heterocycles. The van der Waals surface area contributed by atoms with Crippen LogP contribution in [0.15, 0.2) is 12.1 Å². The zero-order valence-electron chi connectivity index (χ0n) is 20.9. The van der Waals surface area contributed by atoms with E-state index in [-0.39, 0.29) is 23.9 Å². The van der Waals surface area contributed by atoms with Crippen LogP contribution in [0.25, 0.3) is 0 Å². The Bertz CT molecular complexity index is 901. The molecular weight excluding hydrogens is 426 g/mol. The van der Waals surface area contributed by atoms with E-state index in [2.05, 4.69) is 33.4 Å². The molecule has 1 atom stereocenters. The summed E-state index contributed by atoms with van der Waals surface area (Å²) in [6.07, 6.45) is 10.6. The number of nitrogens with one attached hydrogen (secondary N) is 3. The highest BCUT2D eigenvalue weighted by atomic mass is 16.2. The van der Waals surface area contributed by atoms with E-state index < -0.39 is 5.92 Å². The summed E-state index contributed by atoms with van der Waals surface area (Å²) in [5.74, 6) is -0.213. The molecule has 0 spiro atoms. The molecule has 1 saturated carbocycles. The van der Waals surface area contributed by atoms with Gasteiger partial charge in [0.2, 0.25) is 11.8 Å². The van der Waals surface area contributed by atoms with E-state index in [1.807, 2.05) is 13.1 Å². The van der Waals surface area contributed by atoms with Gasteiger partial charge in [-0.15, -0.1) is 0 Å². The van der Waals surface area contributed by atoms with Gasteiger partial charge in [-0.1, -0.05) is 32.1 Å². The number of aryl methyl sites for hydroxylation is 1. The highest BCUT2D eigenvalue weighted by molar-refractivity contribution is 6.17. The normalized spacial score (nSPS) is 22.5. The van der Waals surface area contributed by atoms with Gasteiger partial charge in [0.05, 0.1) is 11.6 Å². The predicted molar refractivity (Wildman–Crippen MR) is 138 cm³/mol. The van der Waals surface area contributed by atoms with Gasteiger partial charge in [0, 0.05) is 56.6 Å². The number of rotatable bonds is 8. The van der Waals surface area contributed by atoms with Crippen molar-refractivity contribution < 1.29 is 9.59 Å². The van der Waals surface area contributed by atoms with E-state index in [9.17, 15) is 9.59 Å². The zero-order chi connectivity index (χ0) is 24.1. The minimum absolute atomic E-state index is 0.248. The first kappa shape index (κ1) is 24.7. The molecule has 7 nitrogen and oxygen atoms in total. The average molecular weight is 468 g/mol. The maximum atomic E-state index is 12.3. The van der Waals surface area contributed by atoms with E-state index in [0.29, 0.717) is 6.42 Å². The number of hydrogen-bond donors (Lipinski definition) is 3. The Balaban J connectivity index is 1.35. The van der Waals surface area contributed by atoms with Crippen molar-refractivity contribution in [3.8, 4) is 0 Å². The molecule has 0 aromatic heterocycles. The third-order valence-electron chi connectivity index (χ3n) is 8.01. The van der Waals surface area contributed by atoms with Gasteiger partial charge in [0.25, 0.3) is 0 Å². The lowest BCUT2D eigenvalue weighted by Crippen LogP contribution is -2.47. The molecule has 4 rings (SSSR count). The Morgan fingerprint density at radius 1 is 1.09 bits per heavy atom. The molecule has 3 aliphatic rings. The summed E-state index contributed by atoms with van der Waals surface area (Å²) >= 11 is 0. The summed E-state index contributed by atoms with van der Waals surface area (Å²) in [6.45, 7) is 7.51. The molecule has 3 N–H and O–H groups in total. The zero-order valence-corrected chi connectivity index (χ0v) is 20.9. The number of hydrogen-bond acceptors (Lipinski definition) is 6. The molecule has 1 unspecified atom stereocenters. The third-order valence-corrected chi connectivity index (χ3v) is 8.01. The molecule has 186 valence electrons. The number of carbonyl (C=O) groups excluding carboxylic acids is 2. The van der Waals surface area contributed by atoms with Gasteiger partial charge in [-0.05, 0) is 56.3 Å². The maximum Gasteiger partial charge on any atom is 0.235 e. The van der Waals surface area contributed by atoms with Crippen LogP contribution >= 0.6 is 0 Å². The summed E-state index contributed by atoms with van der Waals surface area (Å²) in [6, 6.07) is 4.16. The molecule has 0 radical (unpaired) electrons. The monoisotopic (exact) mass is 467 g/mol. The van der Waals surface area contributed by atoms with Crippen LogP contribution in [-0.4, -0.2) is 62.2 Å². The largest absolute Gasteiger partial charge is 0.388 e. The molecule has 3 fully saturated rings. The Kier molecular flexibility index (Phi) is 8.24. The molecule has 7 heteroatoms. The number of imide groups is 1. The van der Waals surface area contributed by atoms with Gasteiger partial charge in [0.15, 0.2) is 0 Å². The molecule has 2 saturated heterocycles. The fourth-order valence-corrected chi connectivity index (χ4v) is 5.92. The standard InChI is InChI=1S/C27H41N5O2/c1-19-17-22(26(28)21-10-11-25(33)30-27(21)34)23(29-2)18-24(19)32-15-13-31(14-16-32)12-6-9-20-7-4-3-5-8-20/h17-18,20-21,28-29H,3-16H2,1-2H3,(H,30,33,34). The number of amides is 2. The molecule has 34 heavy (non-hydrogen) atoms. The van der Waals surface area contributed by atoms with Gasteiger partial charge in [-0.25, -0.2) is 0 Å². The Morgan fingerprint density at radius 2 is 1.82 bits per heavy atom. The van der Waals surface area contributed by atoms with E-state index in [4.69, 9.17) is 5.41 Å². The molecule has 0 bridgehead atoms. The average Bonchev–Trinajstić information content (AvgIpc) is 2.85. The number of anilines is 2. The lowest BCUT2D eigenvalue weighted by atomic mass is 9.86. The van der Waals surface area contributed by atoms with E-state index in [1.165, 1.54) is 57.2 Å². The second-order valence-electron chi connectivity index (χ2n) is 10.3. The molecule has 1 aromatic carbocycles. The first-order valence-corrected chi connectivity index (χ1v) is 13.2. The topological polar surface area (TPSA) is 88.5 Å². The number of piperidine rings is 1. The molecule has 2 amide bonds. The fraction of sp³-hybridized carbons (Fsp3) is 0.667. The van der Waals surface area contributed by atoms with Crippen LogP contribution in [0.1, 0.15) is 68.9 Å². The predicted octanol–water partition coefficient (Wildman–Crippen LogP) is 3.94. The highest BCUT2D eigenvalue weighted by Crippen LogP contribution is 2.32. The van der Waals surface area contributed by atoms with Gasteiger partial charge >= 0.3 is 0 Å². The summed E-state index contributed by atoms with van der Waals surface area (Å²) in [5.41, 5.74) is 4.22. The minimum atomic E-state index is -0.577. The minimum Gasteiger partial charge on any atom is -0.388 e. The van der Waals surface area contributed by atoms with E-state index in [0.717, 1.165) is 48.9 Å². The smallest absolute Gasteiger partial charge is 0.235 e. The maximum absolute atomic E-state index is 12.3. The first-order valence-electron chi connectivity index (χ1n) is 13.2. The lowest BCUT2D eigenvalue weighted by molar-refractivity contribution is -0.134. The summed E-state index contributed by atoms with van der Waals surface area (Å²) in [7, 11) is 1.86. The quantitative estimate of drug-likeness (QED) is 0.398. The van der Waals surface area contributed by atoms with Crippen molar-refractivity contribution >= 4 is 28.9 Å². The van der Waals surface area contributed by atoms with Gasteiger partial charge < -0.3 is 15.6 Å². The molecule has 2 heterocycles. The van der Waals surface area contributed by atoms with Crippen LogP contribution in [0.3, 0.4) is 0 Å². The Labute approximate surface area is 204 Å². The third kappa shape index (κ3) is 5.80. The summed E-state index contributed by atoms with van der Waals surface area (Å²) in [5, 5.41) is 14.3. The Morgan fingerprint density at radius 3 is 2.50 bits per heavy atom. The fourth-order valence-electron chi connectivity index (χ4n) is 5.92. The second-order valence-corrected chi connectivity index (χ2v) is 10.3.